The van der Waals surface area contributed by atoms with E-state index >= 15 is 0 Å². The fourth-order valence-corrected chi connectivity index (χ4v) is 3.73. The average Bonchev–Trinajstić information content (AvgIpc) is 3.29. The van der Waals surface area contributed by atoms with Gasteiger partial charge in [0.2, 0.25) is 5.82 Å². The molecule has 0 radical (unpaired) electrons. The highest BCUT2D eigenvalue weighted by Gasteiger charge is 2.15. The Morgan fingerprint density at radius 3 is 2.67 bits per heavy atom. The van der Waals surface area contributed by atoms with Gasteiger partial charge in [0.05, 0.1) is 0 Å². The molecule has 1 aromatic heterocycles. The Hall–Kier alpha value is -2.99. The largest absolute Gasteiger partial charge is 0.352 e. The van der Waals surface area contributed by atoms with E-state index in [1.54, 1.807) is 12.1 Å². The van der Waals surface area contributed by atoms with Gasteiger partial charge in [0.25, 0.3) is 11.8 Å². The van der Waals surface area contributed by atoms with Crippen molar-refractivity contribution >= 4 is 5.91 Å². The van der Waals surface area contributed by atoms with Crippen molar-refractivity contribution in [3.63, 3.8) is 0 Å². The summed E-state index contributed by atoms with van der Waals surface area (Å²) in [4.78, 5) is 19.5. The van der Waals surface area contributed by atoms with Gasteiger partial charge in [0, 0.05) is 23.2 Å². The number of carbonyl (C=O) groups excluding carboxylic acids is 1. The minimum Gasteiger partial charge on any atom is -0.352 e. The zero-order valence-corrected chi connectivity index (χ0v) is 17.4. The van der Waals surface area contributed by atoms with E-state index in [0.717, 1.165) is 30.0 Å². The molecule has 1 fully saturated rings. The highest BCUT2D eigenvalue weighted by Crippen LogP contribution is 2.23. The lowest BCUT2D eigenvalue weighted by Crippen LogP contribution is -2.35. The standard InChI is InChI=1S/C24H28N4O2/c1-18-11-15-28(16-12-18)14-6-13-25-23(29)20-9-5-10-21(17-20)24-26-22(27-30-24)19-7-3-2-4-8-19/h2-5,7-10,17-18H,6,11-16H2,1H3,(H,25,29). The van der Waals surface area contributed by atoms with Crippen LogP contribution in [0.4, 0.5) is 0 Å². The molecule has 156 valence electrons. The summed E-state index contributed by atoms with van der Waals surface area (Å²) in [5.41, 5.74) is 2.23. The molecule has 0 spiro atoms. The summed E-state index contributed by atoms with van der Waals surface area (Å²) < 4.78 is 5.41. The summed E-state index contributed by atoms with van der Waals surface area (Å²) >= 11 is 0. The molecule has 1 saturated heterocycles. The van der Waals surface area contributed by atoms with Crippen LogP contribution in [0.1, 0.15) is 36.5 Å². The average molecular weight is 405 g/mol. The fraction of sp³-hybridized carbons (Fsp3) is 0.375. The van der Waals surface area contributed by atoms with Crippen LogP contribution < -0.4 is 5.32 Å². The molecule has 0 saturated carbocycles. The maximum Gasteiger partial charge on any atom is 0.258 e. The Kier molecular flexibility index (Phi) is 6.54. The van der Waals surface area contributed by atoms with E-state index in [1.807, 2.05) is 42.5 Å². The van der Waals surface area contributed by atoms with E-state index in [-0.39, 0.29) is 5.91 Å². The van der Waals surface area contributed by atoms with Crippen molar-refractivity contribution < 1.29 is 9.32 Å². The fourth-order valence-electron chi connectivity index (χ4n) is 3.73. The minimum atomic E-state index is -0.0769. The highest BCUT2D eigenvalue weighted by atomic mass is 16.5. The highest BCUT2D eigenvalue weighted by molar-refractivity contribution is 5.95. The Morgan fingerprint density at radius 1 is 1.10 bits per heavy atom. The molecular formula is C24H28N4O2. The van der Waals surface area contributed by atoms with Gasteiger partial charge in [-0.1, -0.05) is 48.5 Å². The first-order chi connectivity index (χ1) is 14.7. The summed E-state index contributed by atoms with van der Waals surface area (Å²) in [5, 5.41) is 7.08. The summed E-state index contributed by atoms with van der Waals surface area (Å²) in [7, 11) is 0. The van der Waals surface area contributed by atoms with E-state index in [9.17, 15) is 4.79 Å². The monoisotopic (exact) mass is 404 g/mol. The summed E-state index contributed by atoms with van der Waals surface area (Å²) in [6, 6.07) is 17.0. The predicted molar refractivity (Wildman–Crippen MR) is 117 cm³/mol. The normalized spacial score (nSPS) is 15.2. The van der Waals surface area contributed by atoms with Gasteiger partial charge in [-0.25, -0.2) is 0 Å². The number of likely N-dealkylation sites (tertiary alicyclic amines) is 1. The molecule has 0 bridgehead atoms. The third-order valence-corrected chi connectivity index (χ3v) is 5.64. The first kappa shape index (κ1) is 20.3. The molecule has 2 aromatic carbocycles. The lowest BCUT2D eigenvalue weighted by atomic mass is 9.99. The van der Waals surface area contributed by atoms with E-state index in [0.29, 0.717) is 23.8 Å². The van der Waals surface area contributed by atoms with Crippen LogP contribution in [0.2, 0.25) is 0 Å². The van der Waals surface area contributed by atoms with Crippen LogP contribution in [0.5, 0.6) is 0 Å². The van der Waals surface area contributed by atoms with Gasteiger partial charge in [0.1, 0.15) is 0 Å². The Morgan fingerprint density at radius 2 is 1.87 bits per heavy atom. The first-order valence-electron chi connectivity index (χ1n) is 10.7. The number of piperidine rings is 1. The molecule has 1 aliphatic rings. The van der Waals surface area contributed by atoms with Crippen molar-refractivity contribution in [2.45, 2.75) is 26.2 Å². The number of nitrogens with zero attached hydrogens (tertiary/aromatic N) is 3. The second-order valence-electron chi connectivity index (χ2n) is 8.00. The number of rotatable bonds is 7. The van der Waals surface area contributed by atoms with Gasteiger partial charge in [-0.3, -0.25) is 4.79 Å². The molecule has 6 nitrogen and oxygen atoms in total. The maximum absolute atomic E-state index is 12.6. The van der Waals surface area contributed by atoms with Crippen molar-refractivity contribution in [3.8, 4) is 22.8 Å². The molecule has 0 unspecified atom stereocenters. The number of benzene rings is 2. The van der Waals surface area contributed by atoms with Gasteiger partial charge in [-0.15, -0.1) is 0 Å². The first-order valence-corrected chi connectivity index (χ1v) is 10.7. The number of hydrogen-bond acceptors (Lipinski definition) is 5. The molecule has 1 N–H and O–H groups in total. The second kappa shape index (κ2) is 9.67. The number of amides is 1. The predicted octanol–water partition coefficient (Wildman–Crippen LogP) is 4.26. The number of aromatic nitrogens is 2. The maximum atomic E-state index is 12.6. The second-order valence-corrected chi connectivity index (χ2v) is 8.00. The quantitative estimate of drug-likeness (QED) is 0.596. The van der Waals surface area contributed by atoms with E-state index in [1.165, 1.54) is 25.9 Å². The molecule has 0 aliphatic carbocycles. The lowest BCUT2D eigenvalue weighted by Gasteiger charge is -2.30. The van der Waals surface area contributed by atoms with Crippen molar-refractivity contribution in [2.75, 3.05) is 26.2 Å². The van der Waals surface area contributed by atoms with Gasteiger partial charge >= 0.3 is 0 Å². The van der Waals surface area contributed by atoms with Crippen LogP contribution in [0.3, 0.4) is 0 Å². The van der Waals surface area contributed by atoms with Crippen molar-refractivity contribution in [1.29, 1.82) is 0 Å². The molecule has 6 heteroatoms. The Bertz CT molecular complexity index is 962. The number of carbonyl (C=O) groups is 1. The van der Waals surface area contributed by atoms with Crippen LogP contribution in [-0.2, 0) is 0 Å². The smallest absolute Gasteiger partial charge is 0.258 e. The van der Waals surface area contributed by atoms with Gasteiger partial charge in [0.15, 0.2) is 0 Å². The molecule has 2 heterocycles. The lowest BCUT2D eigenvalue weighted by molar-refractivity contribution is 0.0950. The Balaban J connectivity index is 1.32. The van der Waals surface area contributed by atoms with Gasteiger partial charge in [-0.2, -0.15) is 4.98 Å². The van der Waals surface area contributed by atoms with Gasteiger partial charge in [-0.05, 0) is 63.0 Å². The van der Waals surface area contributed by atoms with Crippen molar-refractivity contribution in [3.05, 3.63) is 60.2 Å². The zero-order chi connectivity index (χ0) is 20.8. The third kappa shape index (κ3) is 5.13. The topological polar surface area (TPSA) is 71.3 Å². The minimum absolute atomic E-state index is 0.0769. The van der Waals surface area contributed by atoms with Crippen LogP contribution in [0.25, 0.3) is 22.8 Å². The SMILES string of the molecule is CC1CCN(CCCNC(=O)c2cccc(-c3nc(-c4ccccc4)no3)c2)CC1. The molecule has 30 heavy (non-hydrogen) atoms. The molecular weight excluding hydrogens is 376 g/mol. The van der Waals surface area contributed by atoms with Crippen molar-refractivity contribution in [1.82, 2.24) is 20.4 Å². The van der Waals surface area contributed by atoms with Crippen LogP contribution in [0.15, 0.2) is 59.1 Å². The summed E-state index contributed by atoms with van der Waals surface area (Å²) in [5.74, 6) is 1.71. The van der Waals surface area contributed by atoms with Crippen LogP contribution in [-0.4, -0.2) is 47.1 Å². The molecule has 4 rings (SSSR count). The van der Waals surface area contributed by atoms with E-state index < -0.39 is 0 Å². The Labute approximate surface area is 177 Å². The molecule has 0 atom stereocenters. The van der Waals surface area contributed by atoms with Crippen LogP contribution >= 0.6 is 0 Å². The molecule has 1 aliphatic heterocycles. The molecule has 1 amide bonds. The van der Waals surface area contributed by atoms with E-state index in [4.69, 9.17) is 4.52 Å². The van der Waals surface area contributed by atoms with Crippen molar-refractivity contribution in [2.24, 2.45) is 5.92 Å². The third-order valence-electron chi connectivity index (χ3n) is 5.64. The van der Waals surface area contributed by atoms with E-state index in [2.05, 4.69) is 27.3 Å². The van der Waals surface area contributed by atoms with Gasteiger partial charge < -0.3 is 14.7 Å². The summed E-state index contributed by atoms with van der Waals surface area (Å²) in [6.45, 7) is 6.38. The summed E-state index contributed by atoms with van der Waals surface area (Å²) in [6.07, 6.45) is 3.52. The number of hydrogen-bond donors (Lipinski definition) is 1. The molecule has 3 aromatic rings. The van der Waals surface area contributed by atoms with Crippen LogP contribution in [0, 0.1) is 5.92 Å². The number of nitrogens with one attached hydrogen (secondary N) is 1. The zero-order valence-electron chi connectivity index (χ0n) is 17.4.